The third kappa shape index (κ3) is 7.01. The lowest BCUT2D eigenvalue weighted by molar-refractivity contribution is -0.275. The first-order valence-electron chi connectivity index (χ1n) is 11.8. The summed E-state index contributed by atoms with van der Waals surface area (Å²) in [6.07, 6.45) is -4.27. The standard InChI is InChI=1S/C25H24ClF5N2O6/c26-16-3-1-14(9-17(16)27)37-12-21(35)32-23-5-7-24(8-6-23,20(34)11-23)33-22(36)13-38-15-2-4-19(18(28)10-15)39-25(29,30)31/h1-4,9-10,20,34H,5-8,11-13H2,(H,32,35)(H,33,36)/t20-,23?,24?/m0/s1. The number of carbonyl (C=O) groups excluding carboxylic acids is 2. The van der Waals surface area contributed by atoms with Crippen molar-refractivity contribution in [2.75, 3.05) is 13.2 Å². The Kier molecular flexibility index (Phi) is 8.12. The molecule has 5 rings (SSSR count). The van der Waals surface area contributed by atoms with Crippen molar-refractivity contribution < 1.29 is 50.9 Å². The number of hydrogen-bond donors (Lipinski definition) is 3. The summed E-state index contributed by atoms with van der Waals surface area (Å²) in [5.74, 6) is -4.16. The molecule has 0 unspecified atom stereocenters. The van der Waals surface area contributed by atoms with Crippen molar-refractivity contribution in [2.24, 2.45) is 0 Å². The summed E-state index contributed by atoms with van der Waals surface area (Å²) >= 11 is 5.63. The van der Waals surface area contributed by atoms with Gasteiger partial charge in [0.2, 0.25) is 0 Å². The predicted octanol–water partition coefficient (Wildman–Crippen LogP) is 4.02. The van der Waals surface area contributed by atoms with Gasteiger partial charge in [-0.1, -0.05) is 11.6 Å². The molecule has 2 aromatic carbocycles. The monoisotopic (exact) mass is 578 g/mol. The molecule has 3 N–H and O–H groups in total. The maximum atomic E-state index is 13.8. The highest BCUT2D eigenvalue weighted by Crippen LogP contribution is 2.47. The van der Waals surface area contributed by atoms with Crippen LogP contribution < -0.4 is 24.8 Å². The Morgan fingerprint density at radius 3 is 2.03 bits per heavy atom. The Hall–Kier alpha value is -3.32. The summed E-state index contributed by atoms with van der Waals surface area (Å²) < 4.78 is 78.3. The molecule has 1 atom stereocenters. The second-order valence-corrected chi connectivity index (χ2v) is 9.95. The van der Waals surface area contributed by atoms with Gasteiger partial charge in [0.15, 0.2) is 24.8 Å². The van der Waals surface area contributed by atoms with Crippen LogP contribution in [-0.4, -0.2) is 53.7 Å². The lowest BCUT2D eigenvalue weighted by Gasteiger charge is -2.56. The number of nitrogens with one attached hydrogen (secondary N) is 2. The number of alkyl halides is 3. The van der Waals surface area contributed by atoms with Crippen LogP contribution in [0.2, 0.25) is 5.02 Å². The molecule has 3 fully saturated rings. The summed E-state index contributed by atoms with van der Waals surface area (Å²) in [6, 6.07) is 6.21. The van der Waals surface area contributed by atoms with E-state index in [9.17, 15) is 36.6 Å². The smallest absolute Gasteiger partial charge is 0.484 e. The molecular weight excluding hydrogens is 555 g/mol. The van der Waals surface area contributed by atoms with Crippen LogP contribution in [0.15, 0.2) is 36.4 Å². The fraction of sp³-hybridized carbons (Fsp3) is 0.440. The average Bonchev–Trinajstić information content (AvgIpc) is 2.85. The van der Waals surface area contributed by atoms with Gasteiger partial charge in [0, 0.05) is 17.7 Å². The quantitative estimate of drug-likeness (QED) is 0.388. The van der Waals surface area contributed by atoms with Gasteiger partial charge in [-0.25, -0.2) is 8.78 Å². The van der Waals surface area contributed by atoms with Gasteiger partial charge in [0.25, 0.3) is 11.8 Å². The SMILES string of the molecule is O=C(COc1ccc(Cl)c(F)c1)NC12CCC(NC(=O)COc3ccc(OC(F)(F)F)c(F)c3)(CC1)[C@@H](O)C2. The first kappa shape index (κ1) is 28.7. The number of ether oxygens (including phenoxy) is 3. The van der Waals surface area contributed by atoms with Gasteiger partial charge in [-0.2, -0.15) is 0 Å². The van der Waals surface area contributed by atoms with Crippen molar-refractivity contribution in [1.29, 1.82) is 0 Å². The Morgan fingerprint density at radius 1 is 0.923 bits per heavy atom. The molecule has 0 radical (unpaired) electrons. The number of aliphatic hydroxyl groups excluding tert-OH is 1. The molecule has 0 heterocycles. The molecule has 2 aromatic rings. The van der Waals surface area contributed by atoms with E-state index in [1.54, 1.807) is 0 Å². The number of aliphatic hydroxyl groups is 1. The van der Waals surface area contributed by atoms with Crippen molar-refractivity contribution in [3.8, 4) is 17.2 Å². The zero-order chi connectivity index (χ0) is 28.4. The van der Waals surface area contributed by atoms with E-state index in [1.165, 1.54) is 12.1 Å². The van der Waals surface area contributed by atoms with Crippen LogP contribution in [0.4, 0.5) is 22.0 Å². The highest BCUT2D eigenvalue weighted by molar-refractivity contribution is 6.30. The Labute approximate surface area is 224 Å². The van der Waals surface area contributed by atoms with E-state index in [4.69, 9.17) is 21.1 Å². The van der Waals surface area contributed by atoms with Gasteiger partial charge in [0.05, 0.1) is 16.7 Å². The lowest BCUT2D eigenvalue weighted by atomic mass is 9.60. The largest absolute Gasteiger partial charge is 0.573 e. The van der Waals surface area contributed by atoms with Crippen LogP contribution in [-0.2, 0) is 9.59 Å². The van der Waals surface area contributed by atoms with Crippen LogP contribution in [0.1, 0.15) is 32.1 Å². The van der Waals surface area contributed by atoms with E-state index < -0.39 is 59.3 Å². The number of fused-ring (bicyclic) bond motifs is 3. The van der Waals surface area contributed by atoms with Crippen molar-refractivity contribution in [1.82, 2.24) is 10.6 Å². The molecule has 8 nitrogen and oxygen atoms in total. The van der Waals surface area contributed by atoms with E-state index in [2.05, 4.69) is 15.4 Å². The first-order chi connectivity index (χ1) is 18.3. The Bertz CT molecular complexity index is 1240. The van der Waals surface area contributed by atoms with E-state index in [1.807, 2.05) is 0 Å². The fourth-order valence-electron chi connectivity index (χ4n) is 4.95. The second kappa shape index (κ2) is 11.0. The number of benzene rings is 2. The summed E-state index contributed by atoms with van der Waals surface area (Å²) in [4.78, 5) is 25.0. The highest BCUT2D eigenvalue weighted by atomic mass is 35.5. The lowest BCUT2D eigenvalue weighted by Crippen LogP contribution is -2.70. The topological polar surface area (TPSA) is 106 Å². The van der Waals surface area contributed by atoms with Crippen molar-refractivity contribution in [3.05, 3.63) is 53.1 Å². The van der Waals surface area contributed by atoms with Gasteiger partial charge in [-0.15, -0.1) is 13.2 Å². The van der Waals surface area contributed by atoms with E-state index in [0.29, 0.717) is 31.7 Å². The fourth-order valence-corrected chi connectivity index (χ4v) is 5.07. The van der Waals surface area contributed by atoms with Crippen LogP contribution in [0, 0.1) is 11.6 Å². The van der Waals surface area contributed by atoms with Crippen LogP contribution in [0.3, 0.4) is 0 Å². The van der Waals surface area contributed by atoms with Gasteiger partial charge < -0.3 is 30.0 Å². The summed E-state index contributed by atoms with van der Waals surface area (Å²) in [7, 11) is 0. The molecule has 2 bridgehead atoms. The molecule has 0 spiro atoms. The minimum Gasteiger partial charge on any atom is -0.484 e. The molecule has 3 aliphatic carbocycles. The van der Waals surface area contributed by atoms with E-state index >= 15 is 0 Å². The van der Waals surface area contributed by atoms with Crippen LogP contribution in [0.25, 0.3) is 0 Å². The van der Waals surface area contributed by atoms with Gasteiger partial charge in [-0.3, -0.25) is 9.59 Å². The second-order valence-electron chi connectivity index (χ2n) is 9.55. The summed E-state index contributed by atoms with van der Waals surface area (Å²) in [5, 5.41) is 16.4. The predicted molar refractivity (Wildman–Crippen MR) is 126 cm³/mol. The summed E-state index contributed by atoms with van der Waals surface area (Å²) in [6.45, 7) is -0.945. The van der Waals surface area contributed by atoms with E-state index in [-0.39, 0.29) is 29.5 Å². The van der Waals surface area contributed by atoms with Crippen molar-refractivity contribution >= 4 is 23.4 Å². The molecule has 39 heavy (non-hydrogen) atoms. The maximum Gasteiger partial charge on any atom is 0.573 e. The third-order valence-electron chi connectivity index (χ3n) is 6.87. The number of rotatable bonds is 9. The van der Waals surface area contributed by atoms with Crippen molar-refractivity contribution in [2.45, 2.75) is 55.6 Å². The number of carbonyl (C=O) groups is 2. The number of halogens is 6. The molecule has 0 aliphatic heterocycles. The average molecular weight is 579 g/mol. The minimum absolute atomic E-state index is 0.0752. The minimum atomic E-state index is -5.06. The Morgan fingerprint density at radius 2 is 1.49 bits per heavy atom. The third-order valence-corrected chi connectivity index (χ3v) is 7.18. The highest BCUT2D eigenvalue weighted by Gasteiger charge is 2.55. The molecule has 14 heteroatoms. The summed E-state index contributed by atoms with van der Waals surface area (Å²) in [5.41, 5.74) is -1.66. The number of amides is 2. The van der Waals surface area contributed by atoms with Gasteiger partial charge in [0.1, 0.15) is 17.3 Å². The zero-order valence-corrected chi connectivity index (χ0v) is 21.0. The first-order valence-corrected chi connectivity index (χ1v) is 12.2. The van der Waals surface area contributed by atoms with Crippen LogP contribution in [0.5, 0.6) is 17.2 Å². The van der Waals surface area contributed by atoms with E-state index in [0.717, 1.165) is 18.2 Å². The molecule has 212 valence electrons. The molecule has 0 saturated heterocycles. The molecule has 3 saturated carbocycles. The van der Waals surface area contributed by atoms with Crippen LogP contribution >= 0.6 is 11.6 Å². The number of hydrogen-bond acceptors (Lipinski definition) is 6. The molecule has 2 amide bonds. The zero-order valence-electron chi connectivity index (χ0n) is 20.2. The maximum absolute atomic E-state index is 13.8. The molecule has 3 aliphatic rings. The molecular formula is C25H24ClF5N2O6. The van der Waals surface area contributed by atoms with Crippen molar-refractivity contribution in [3.63, 3.8) is 0 Å². The van der Waals surface area contributed by atoms with Gasteiger partial charge in [-0.05, 0) is 56.4 Å². The van der Waals surface area contributed by atoms with Gasteiger partial charge >= 0.3 is 6.36 Å². The molecule has 0 aromatic heterocycles. The normalized spacial score (nSPS) is 24.1. The Balaban J connectivity index is 1.26.